The lowest BCUT2D eigenvalue weighted by atomic mass is 10.1. The van der Waals surface area contributed by atoms with Gasteiger partial charge in [-0.05, 0) is 65.1 Å². The molecule has 0 bridgehead atoms. The fourth-order valence-corrected chi connectivity index (χ4v) is 5.39. The van der Waals surface area contributed by atoms with Crippen molar-refractivity contribution in [2.24, 2.45) is 7.05 Å². The summed E-state index contributed by atoms with van der Waals surface area (Å²) in [4.78, 5) is 28.8. The van der Waals surface area contributed by atoms with Gasteiger partial charge in [-0.15, -0.1) is 0 Å². The molecular weight excluding hydrogens is 472 g/mol. The third kappa shape index (κ3) is 5.53. The van der Waals surface area contributed by atoms with Crippen molar-refractivity contribution in [2.45, 2.75) is 31.9 Å². The van der Waals surface area contributed by atoms with Crippen LogP contribution in [0.5, 0.6) is 5.75 Å². The van der Waals surface area contributed by atoms with Crippen molar-refractivity contribution in [3.8, 4) is 5.75 Å². The van der Waals surface area contributed by atoms with Gasteiger partial charge in [0.2, 0.25) is 5.43 Å². The minimum atomic E-state index is -0.277. The summed E-state index contributed by atoms with van der Waals surface area (Å²) in [6, 6.07) is 17.3. The number of nitrogens with zero attached hydrogens (tertiary/aromatic N) is 2. The second-order valence-corrected chi connectivity index (χ2v) is 9.98. The maximum absolute atomic E-state index is 13.8. The Labute approximate surface area is 214 Å². The molecule has 1 amide bonds. The Kier molecular flexibility index (Phi) is 7.49. The van der Waals surface area contributed by atoms with E-state index in [9.17, 15) is 9.59 Å². The van der Waals surface area contributed by atoms with E-state index >= 15 is 0 Å². The molecule has 1 saturated heterocycles. The summed E-state index contributed by atoms with van der Waals surface area (Å²) in [5.41, 5.74) is 2.96. The van der Waals surface area contributed by atoms with Crippen LogP contribution in [0.1, 0.15) is 34.3 Å². The van der Waals surface area contributed by atoms with Crippen LogP contribution in [0.2, 0.25) is 0 Å². The van der Waals surface area contributed by atoms with Crippen LogP contribution < -0.4 is 10.2 Å². The van der Waals surface area contributed by atoms with E-state index < -0.39 is 0 Å². The van der Waals surface area contributed by atoms with E-state index in [1.807, 2.05) is 54.1 Å². The maximum atomic E-state index is 13.8. The summed E-state index contributed by atoms with van der Waals surface area (Å²) in [6.45, 7) is 2.11. The third-order valence-corrected chi connectivity index (χ3v) is 7.31. The molecule has 0 unspecified atom stereocenters. The lowest BCUT2D eigenvalue weighted by molar-refractivity contribution is 0.0505. The van der Waals surface area contributed by atoms with Crippen LogP contribution in [0, 0.1) is 0 Å². The summed E-state index contributed by atoms with van der Waals surface area (Å²) in [6.07, 6.45) is 4.37. The number of aromatic nitrogens is 1. The van der Waals surface area contributed by atoms with Crippen LogP contribution in [0.4, 0.5) is 0 Å². The fourth-order valence-electron chi connectivity index (χ4n) is 4.69. The molecule has 5 rings (SSSR count). The summed E-state index contributed by atoms with van der Waals surface area (Å²) in [5.74, 6) is 0.495. The molecule has 186 valence electrons. The molecule has 2 aromatic carbocycles. The van der Waals surface area contributed by atoms with E-state index in [1.54, 1.807) is 28.5 Å². The van der Waals surface area contributed by atoms with Gasteiger partial charge in [0, 0.05) is 44.7 Å². The van der Waals surface area contributed by atoms with Crippen molar-refractivity contribution in [1.29, 1.82) is 0 Å². The molecule has 1 aliphatic rings. The quantitative estimate of drug-likeness (QED) is 0.322. The molecule has 6 nitrogen and oxygen atoms in total. The molecule has 3 heterocycles. The largest absolute Gasteiger partial charge is 0.493 e. The molecule has 0 saturated carbocycles. The number of pyridine rings is 1. The van der Waals surface area contributed by atoms with E-state index in [0.29, 0.717) is 31.7 Å². The van der Waals surface area contributed by atoms with Gasteiger partial charge >= 0.3 is 0 Å². The minimum Gasteiger partial charge on any atom is -0.493 e. The number of hydrogen-bond acceptors (Lipinski definition) is 5. The first-order valence-corrected chi connectivity index (χ1v) is 13.2. The third-order valence-electron chi connectivity index (χ3n) is 6.57. The number of carbonyl (C=O) groups is 1. The molecule has 1 atom stereocenters. The molecular formula is C29H30N2O4S. The Morgan fingerprint density at radius 3 is 2.86 bits per heavy atom. The second-order valence-electron chi connectivity index (χ2n) is 9.20. The van der Waals surface area contributed by atoms with Gasteiger partial charge in [0.1, 0.15) is 11.3 Å². The lowest BCUT2D eigenvalue weighted by Gasteiger charge is -2.26. The zero-order valence-corrected chi connectivity index (χ0v) is 21.2. The molecule has 7 heteroatoms. The van der Waals surface area contributed by atoms with E-state index in [4.69, 9.17) is 9.47 Å². The highest BCUT2D eigenvalue weighted by Crippen LogP contribution is 2.20. The average Bonchev–Trinajstić information content (AvgIpc) is 3.60. The van der Waals surface area contributed by atoms with Crippen molar-refractivity contribution in [3.05, 3.63) is 98.5 Å². The monoisotopic (exact) mass is 502 g/mol. The standard InChI is InChI=1S/C29H30N2O4S/c1-30-19-26(28(32)25-9-2-3-10-27(25)30)29(33)31(18-24-8-5-13-34-24)17-22-6-4-7-23(16-22)35-14-11-21-12-15-36-20-21/h2-4,6-7,9-10,12,15-16,19-20,24H,5,8,11,13-14,17-18H2,1H3/t24-/m0/s1. The molecule has 1 aliphatic heterocycles. The fraction of sp³-hybridized carbons (Fsp3) is 0.310. The molecule has 0 radical (unpaired) electrons. The SMILES string of the molecule is Cn1cc(C(=O)N(Cc2cccc(OCCc3ccsc3)c2)C[C@@H]2CCCO2)c(=O)c2ccccc21. The molecule has 0 spiro atoms. The molecule has 0 aliphatic carbocycles. The molecule has 36 heavy (non-hydrogen) atoms. The number of carbonyl (C=O) groups excluding carboxylic acids is 1. The van der Waals surface area contributed by atoms with Crippen LogP contribution in [-0.2, 0) is 24.8 Å². The van der Waals surface area contributed by atoms with Crippen molar-refractivity contribution in [2.75, 3.05) is 19.8 Å². The number of hydrogen-bond donors (Lipinski definition) is 0. The molecule has 1 fully saturated rings. The van der Waals surface area contributed by atoms with Crippen LogP contribution in [0.15, 0.2) is 76.3 Å². The first-order valence-electron chi connectivity index (χ1n) is 12.3. The smallest absolute Gasteiger partial charge is 0.259 e. The Hall–Kier alpha value is -3.42. The lowest BCUT2D eigenvalue weighted by Crippen LogP contribution is -2.39. The number of para-hydroxylation sites is 1. The highest BCUT2D eigenvalue weighted by Gasteiger charge is 2.26. The number of thiophene rings is 1. The molecule has 4 aromatic rings. The van der Waals surface area contributed by atoms with Crippen molar-refractivity contribution in [3.63, 3.8) is 0 Å². The van der Waals surface area contributed by atoms with Gasteiger partial charge < -0.3 is 18.9 Å². The van der Waals surface area contributed by atoms with Gasteiger partial charge in [0.05, 0.1) is 18.2 Å². The van der Waals surface area contributed by atoms with E-state index in [1.165, 1.54) is 5.56 Å². The predicted octanol–water partition coefficient (Wildman–Crippen LogP) is 5.04. The number of fused-ring (bicyclic) bond motifs is 1. The van der Waals surface area contributed by atoms with Gasteiger partial charge in [-0.25, -0.2) is 0 Å². The van der Waals surface area contributed by atoms with Crippen LogP contribution in [0.25, 0.3) is 10.9 Å². The number of benzene rings is 2. The summed E-state index contributed by atoms with van der Waals surface area (Å²) < 4.78 is 13.7. The van der Waals surface area contributed by atoms with E-state index in [0.717, 1.165) is 36.1 Å². The van der Waals surface area contributed by atoms with Crippen molar-refractivity contribution >= 4 is 28.1 Å². The van der Waals surface area contributed by atoms with Gasteiger partial charge in [-0.2, -0.15) is 11.3 Å². The average molecular weight is 503 g/mol. The maximum Gasteiger partial charge on any atom is 0.259 e. The van der Waals surface area contributed by atoms with Crippen LogP contribution >= 0.6 is 11.3 Å². The number of aryl methyl sites for hydroxylation is 1. The Morgan fingerprint density at radius 1 is 1.17 bits per heavy atom. The van der Waals surface area contributed by atoms with Crippen molar-refractivity contribution < 1.29 is 14.3 Å². The predicted molar refractivity (Wildman–Crippen MR) is 143 cm³/mol. The zero-order valence-electron chi connectivity index (χ0n) is 20.4. The topological polar surface area (TPSA) is 60.8 Å². The van der Waals surface area contributed by atoms with Crippen molar-refractivity contribution in [1.82, 2.24) is 9.47 Å². The summed E-state index contributed by atoms with van der Waals surface area (Å²) in [5, 5.41) is 4.74. The van der Waals surface area contributed by atoms with Gasteiger partial charge in [-0.3, -0.25) is 9.59 Å². The zero-order chi connectivity index (χ0) is 24.9. The van der Waals surface area contributed by atoms with Crippen LogP contribution in [0.3, 0.4) is 0 Å². The normalized spacial score (nSPS) is 15.3. The first kappa shape index (κ1) is 24.3. The van der Waals surface area contributed by atoms with Crippen LogP contribution in [-0.4, -0.2) is 41.2 Å². The highest BCUT2D eigenvalue weighted by molar-refractivity contribution is 7.07. The molecule has 0 N–H and O–H groups in total. The van der Waals surface area contributed by atoms with E-state index in [2.05, 4.69) is 16.8 Å². The number of ether oxygens (including phenoxy) is 2. The minimum absolute atomic E-state index is 0.0247. The van der Waals surface area contributed by atoms with Gasteiger partial charge in [0.25, 0.3) is 5.91 Å². The summed E-state index contributed by atoms with van der Waals surface area (Å²) >= 11 is 1.68. The van der Waals surface area contributed by atoms with Gasteiger partial charge in [0.15, 0.2) is 0 Å². The number of rotatable bonds is 9. The Morgan fingerprint density at radius 2 is 2.06 bits per heavy atom. The Bertz CT molecular complexity index is 1390. The van der Waals surface area contributed by atoms with Gasteiger partial charge in [-0.1, -0.05) is 24.3 Å². The first-order chi connectivity index (χ1) is 17.6. The Balaban J connectivity index is 1.37. The van der Waals surface area contributed by atoms with E-state index in [-0.39, 0.29) is 23.0 Å². The second kappa shape index (κ2) is 11.1. The summed E-state index contributed by atoms with van der Waals surface area (Å²) in [7, 11) is 1.86. The highest BCUT2D eigenvalue weighted by atomic mass is 32.1. The molecule has 2 aromatic heterocycles. The number of amides is 1.